The van der Waals surface area contributed by atoms with Crippen LogP contribution in [0.5, 0.6) is 5.75 Å². The van der Waals surface area contributed by atoms with E-state index in [-0.39, 0.29) is 18.4 Å². The van der Waals surface area contributed by atoms with Gasteiger partial charge in [0.15, 0.2) is 5.58 Å². The topological polar surface area (TPSA) is 86.7 Å². The van der Waals surface area contributed by atoms with Crippen molar-refractivity contribution in [3.63, 3.8) is 0 Å². The highest BCUT2D eigenvalue weighted by Crippen LogP contribution is 2.35. The Bertz CT molecular complexity index is 1310. The van der Waals surface area contributed by atoms with Crippen LogP contribution >= 0.6 is 0 Å². The van der Waals surface area contributed by atoms with E-state index in [0.717, 1.165) is 44.5 Å². The van der Waals surface area contributed by atoms with Gasteiger partial charge in [-0.05, 0) is 61.7 Å². The van der Waals surface area contributed by atoms with Gasteiger partial charge < -0.3 is 24.9 Å². The molecule has 0 saturated carbocycles. The number of esters is 1. The first kappa shape index (κ1) is 24.4. The van der Waals surface area contributed by atoms with Crippen LogP contribution in [0.2, 0.25) is 0 Å². The number of hydrogen-bond donors (Lipinski definition) is 2. The van der Waals surface area contributed by atoms with Crippen molar-refractivity contribution < 1.29 is 18.7 Å². The predicted octanol–water partition coefficient (Wildman–Crippen LogP) is 6.06. The third-order valence-electron chi connectivity index (χ3n) is 5.69. The molecule has 0 radical (unpaired) electrons. The molecule has 1 aromatic heterocycles. The van der Waals surface area contributed by atoms with Gasteiger partial charge in [0.1, 0.15) is 12.4 Å². The van der Waals surface area contributed by atoms with Crippen molar-refractivity contribution in [3.8, 4) is 16.9 Å². The number of hydrogen-bond acceptors (Lipinski definition) is 6. The molecule has 182 valence electrons. The van der Waals surface area contributed by atoms with Gasteiger partial charge in [-0.3, -0.25) is 4.79 Å². The van der Waals surface area contributed by atoms with Gasteiger partial charge in [-0.25, -0.2) is 0 Å². The fraction of sp³-hybridized carbons (Fsp3) is 0.276. The number of rotatable bonds is 10. The lowest BCUT2D eigenvalue weighted by Crippen LogP contribution is -2.10. The molecule has 0 spiro atoms. The minimum Gasteiger partial charge on any atom is -0.488 e. The van der Waals surface area contributed by atoms with E-state index in [1.54, 1.807) is 13.2 Å². The fourth-order valence-electron chi connectivity index (χ4n) is 4.08. The summed E-state index contributed by atoms with van der Waals surface area (Å²) in [5, 5.41) is 4.48. The molecule has 0 amide bonds. The molecular weight excluding hydrogens is 440 g/mol. The largest absolute Gasteiger partial charge is 0.488 e. The smallest absolute Gasteiger partial charge is 0.310 e. The summed E-state index contributed by atoms with van der Waals surface area (Å²) in [5.74, 6) is 0.383. The molecule has 4 rings (SSSR count). The standard InChI is InChI=1S/C29H32N2O4/c1-4-33-28(32)15-22-9-5-6-11-27(22)34-17-24-18-35-29-25(24)13-23(14-26(29)31-19(2)3)21-10-7-8-20(12-21)16-30/h5-14,18-19,31H,4,15-17,30H2,1-3H3. The number of fused-ring (bicyclic) bond motifs is 1. The maximum absolute atomic E-state index is 12.0. The summed E-state index contributed by atoms with van der Waals surface area (Å²) < 4.78 is 17.3. The van der Waals surface area contributed by atoms with Crippen LogP contribution in [0.15, 0.2) is 71.3 Å². The molecule has 35 heavy (non-hydrogen) atoms. The Morgan fingerprint density at radius 3 is 2.63 bits per heavy atom. The summed E-state index contributed by atoms with van der Waals surface area (Å²) in [6.45, 7) is 7.14. The Kier molecular flexibility index (Phi) is 7.73. The zero-order valence-corrected chi connectivity index (χ0v) is 20.5. The Hall–Kier alpha value is -3.77. The lowest BCUT2D eigenvalue weighted by atomic mass is 9.99. The highest BCUT2D eigenvalue weighted by atomic mass is 16.5. The number of ether oxygens (including phenoxy) is 2. The lowest BCUT2D eigenvalue weighted by molar-refractivity contribution is -0.142. The Morgan fingerprint density at radius 2 is 1.86 bits per heavy atom. The van der Waals surface area contributed by atoms with Gasteiger partial charge in [0.25, 0.3) is 0 Å². The van der Waals surface area contributed by atoms with E-state index >= 15 is 0 Å². The van der Waals surface area contributed by atoms with Crippen LogP contribution in [0, 0.1) is 0 Å². The third kappa shape index (κ3) is 5.84. The van der Waals surface area contributed by atoms with Crippen LogP contribution in [0.1, 0.15) is 37.5 Å². The van der Waals surface area contributed by atoms with Crippen molar-refractivity contribution in [1.29, 1.82) is 0 Å². The van der Waals surface area contributed by atoms with Crippen LogP contribution < -0.4 is 15.8 Å². The lowest BCUT2D eigenvalue weighted by Gasteiger charge is -2.14. The molecule has 4 aromatic rings. The third-order valence-corrected chi connectivity index (χ3v) is 5.69. The average Bonchev–Trinajstić information content (AvgIpc) is 3.26. The molecule has 6 nitrogen and oxygen atoms in total. The first-order valence-electron chi connectivity index (χ1n) is 11.9. The highest BCUT2D eigenvalue weighted by molar-refractivity contribution is 5.96. The van der Waals surface area contributed by atoms with Crippen LogP contribution in [-0.4, -0.2) is 18.6 Å². The Morgan fingerprint density at radius 1 is 1.03 bits per heavy atom. The molecule has 0 aliphatic rings. The highest BCUT2D eigenvalue weighted by Gasteiger charge is 2.16. The molecule has 0 saturated heterocycles. The normalized spacial score (nSPS) is 11.1. The molecule has 0 aliphatic carbocycles. The summed E-state index contributed by atoms with van der Waals surface area (Å²) in [6.07, 6.45) is 1.91. The molecule has 3 aromatic carbocycles. The first-order valence-corrected chi connectivity index (χ1v) is 11.9. The Balaban J connectivity index is 1.67. The van der Waals surface area contributed by atoms with Gasteiger partial charge in [-0.1, -0.05) is 36.4 Å². The second-order valence-corrected chi connectivity index (χ2v) is 8.74. The second kappa shape index (κ2) is 11.1. The number of nitrogens with two attached hydrogens (primary N) is 1. The van der Waals surface area contributed by atoms with E-state index in [0.29, 0.717) is 25.5 Å². The molecule has 0 bridgehead atoms. The minimum absolute atomic E-state index is 0.167. The van der Waals surface area contributed by atoms with Crippen molar-refractivity contribution >= 4 is 22.6 Å². The number of benzene rings is 3. The maximum Gasteiger partial charge on any atom is 0.310 e. The number of carbonyl (C=O) groups is 1. The van der Waals surface area contributed by atoms with E-state index in [2.05, 4.69) is 43.4 Å². The number of anilines is 1. The monoisotopic (exact) mass is 472 g/mol. The number of furan rings is 1. The Labute approximate surface area is 206 Å². The van der Waals surface area contributed by atoms with Gasteiger partial charge in [0.05, 0.1) is 25.0 Å². The minimum atomic E-state index is -0.272. The van der Waals surface area contributed by atoms with Gasteiger partial charge in [0.2, 0.25) is 0 Å². The molecule has 0 aliphatic heterocycles. The molecule has 0 unspecified atom stereocenters. The van der Waals surface area contributed by atoms with E-state index in [1.807, 2.05) is 36.4 Å². The molecule has 6 heteroatoms. The second-order valence-electron chi connectivity index (χ2n) is 8.74. The summed E-state index contributed by atoms with van der Waals surface area (Å²) in [5.41, 5.74) is 12.5. The molecule has 1 heterocycles. The van der Waals surface area contributed by atoms with Crippen molar-refractivity contribution in [2.75, 3.05) is 11.9 Å². The van der Waals surface area contributed by atoms with Crippen LogP contribution in [0.4, 0.5) is 5.69 Å². The van der Waals surface area contributed by atoms with E-state index in [1.165, 1.54) is 0 Å². The summed E-state index contributed by atoms with van der Waals surface area (Å²) >= 11 is 0. The maximum atomic E-state index is 12.0. The van der Waals surface area contributed by atoms with Crippen molar-refractivity contribution in [1.82, 2.24) is 0 Å². The van der Waals surface area contributed by atoms with Gasteiger partial charge in [0, 0.05) is 29.1 Å². The number of nitrogens with one attached hydrogen (secondary N) is 1. The van der Waals surface area contributed by atoms with Gasteiger partial charge in [-0.15, -0.1) is 0 Å². The van der Waals surface area contributed by atoms with Crippen molar-refractivity contribution in [2.24, 2.45) is 5.73 Å². The summed E-state index contributed by atoms with van der Waals surface area (Å²) in [7, 11) is 0. The SMILES string of the molecule is CCOC(=O)Cc1ccccc1OCc1coc2c(NC(C)C)cc(-c3cccc(CN)c3)cc12. The van der Waals surface area contributed by atoms with Crippen LogP contribution in [-0.2, 0) is 29.1 Å². The fourth-order valence-corrected chi connectivity index (χ4v) is 4.08. The quantitative estimate of drug-likeness (QED) is 0.273. The molecule has 0 fully saturated rings. The average molecular weight is 473 g/mol. The summed E-state index contributed by atoms with van der Waals surface area (Å²) in [4.78, 5) is 12.0. The van der Waals surface area contributed by atoms with Crippen LogP contribution in [0.3, 0.4) is 0 Å². The zero-order chi connectivity index (χ0) is 24.8. The van der Waals surface area contributed by atoms with Crippen molar-refractivity contribution in [2.45, 2.75) is 46.4 Å². The number of para-hydroxylation sites is 1. The van der Waals surface area contributed by atoms with E-state index in [9.17, 15) is 4.79 Å². The molecule has 0 atom stereocenters. The van der Waals surface area contributed by atoms with E-state index in [4.69, 9.17) is 19.6 Å². The van der Waals surface area contributed by atoms with Crippen LogP contribution in [0.25, 0.3) is 22.1 Å². The van der Waals surface area contributed by atoms with Gasteiger partial charge in [-0.2, -0.15) is 0 Å². The summed E-state index contributed by atoms with van der Waals surface area (Å²) in [6, 6.07) is 20.3. The molecule has 3 N–H and O–H groups in total. The molecular formula is C29H32N2O4. The van der Waals surface area contributed by atoms with E-state index < -0.39 is 0 Å². The number of carbonyl (C=O) groups excluding carboxylic acids is 1. The predicted molar refractivity (Wildman–Crippen MR) is 139 cm³/mol. The van der Waals surface area contributed by atoms with Crippen molar-refractivity contribution in [3.05, 3.63) is 83.6 Å². The zero-order valence-electron chi connectivity index (χ0n) is 20.5. The van der Waals surface area contributed by atoms with Gasteiger partial charge >= 0.3 is 5.97 Å². The first-order chi connectivity index (χ1) is 17.0.